The molecule has 21 heavy (non-hydrogen) atoms. The molecular formula is C16H13N3O2. The second kappa shape index (κ2) is 3.93. The number of hydrogen-bond donors (Lipinski definition) is 3. The number of aromatic amines is 1. The van der Waals surface area contributed by atoms with Gasteiger partial charge >= 0.3 is 0 Å². The average Bonchev–Trinajstić information content (AvgIpc) is 3.01. The van der Waals surface area contributed by atoms with Gasteiger partial charge in [0.05, 0.1) is 0 Å². The first kappa shape index (κ1) is 12.1. The fourth-order valence-electron chi connectivity index (χ4n) is 2.92. The van der Waals surface area contributed by atoms with Crippen molar-refractivity contribution in [1.82, 2.24) is 9.97 Å². The van der Waals surface area contributed by atoms with E-state index >= 15 is 0 Å². The van der Waals surface area contributed by atoms with Crippen molar-refractivity contribution >= 4 is 22.6 Å². The van der Waals surface area contributed by atoms with E-state index in [1.807, 2.05) is 31.2 Å². The summed E-state index contributed by atoms with van der Waals surface area (Å²) in [6.07, 6.45) is 3.31. The van der Waals surface area contributed by atoms with Crippen molar-refractivity contribution in [3.63, 3.8) is 0 Å². The van der Waals surface area contributed by atoms with Gasteiger partial charge in [-0.05, 0) is 25.1 Å². The number of aromatic nitrogens is 2. The molecule has 3 aromatic rings. The van der Waals surface area contributed by atoms with Gasteiger partial charge in [0, 0.05) is 34.6 Å². The quantitative estimate of drug-likeness (QED) is 0.638. The molecule has 1 atom stereocenters. The number of H-pyrrole nitrogens is 1. The first-order valence-electron chi connectivity index (χ1n) is 6.68. The van der Waals surface area contributed by atoms with Crippen LogP contribution in [0.2, 0.25) is 0 Å². The van der Waals surface area contributed by atoms with Gasteiger partial charge < -0.3 is 15.4 Å². The van der Waals surface area contributed by atoms with Gasteiger partial charge in [-0.25, -0.2) is 4.98 Å². The number of aryl methyl sites for hydroxylation is 1. The number of hydrogen-bond acceptors (Lipinski definition) is 3. The van der Waals surface area contributed by atoms with Crippen LogP contribution < -0.4 is 5.32 Å². The minimum atomic E-state index is -1.69. The highest BCUT2D eigenvalue weighted by molar-refractivity contribution is 6.09. The van der Waals surface area contributed by atoms with E-state index in [1.54, 1.807) is 18.5 Å². The van der Waals surface area contributed by atoms with Crippen molar-refractivity contribution in [2.45, 2.75) is 12.5 Å². The molecule has 1 aliphatic rings. The lowest BCUT2D eigenvalue weighted by atomic mass is 9.87. The molecular weight excluding hydrogens is 266 g/mol. The van der Waals surface area contributed by atoms with Gasteiger partial charge in [-0.2, -0.15) is 0 Å². The van der Waals surface area contributed by atoms with Gasteiger partial charge in [0.2, 0.25) is 0 Å². The zero-order valence-electron chi connectivity index (χ0n) is 11.3. The van der Waals surface area contributed by atoms with Crippen LogP contribution in [0, 0.1) is 6.92 Å². The van der Waals surface area contributed by atoms with E-state index in [9.17, 15) is 9.90 Å². The summed E-state index contributed by atoms with van der Waals surface area (Å²) in [5, 5.41) is 14.6. The number of aliphatic hydroxyl groups is 1. The minimum absolute atomic E-state index is 0.437. The molecule has 1 unspecified atom stereocenters. The van der Waals surface area contributed by atoms with Crippen LogP contribution in [0.15, 0.2) is 42.7 Å². The van der Waals surface area contributed by atoms with Crippen LogP contribution in [0.4, 0.5) is 5.69 Å². The van der Waals surface area contributed by atoms with Crippen molar-refractivity contribution < 1.29 is 9.90 Å². The third kappa shape index (κ3) is 1.49. The predicted molar refractivity (Wildman–Crippen MR) is 78.9 cm³/mol. The van der Waals surface area contributed by atoms with Gasteiger partial charge in [-0.15, -0.1) is 0 Å². The highest BCUT2D eigenvalue weighted by Crippen LogP contribution is 2.43. The number of pyridine rings is 1. The fourth-order valence-corrected chi connectivity index (χ4v) is 2.92. The topological polar surface area (TPSA) is 78.0 Å². The zero-order chi connectivity index (χ0) is 14.6. The van der Waals surface area contributed by atoms with E-state index < -0.39 is 11.5 Å². The summed E-state index contributed by atoms with van der Waals surface area (Å²) in [4.78, 5) is 19.6. The third-order valence-electron chi connectivity index (χ3n) is 3.98. The standard InChI is InChI=1S/C16H13N3O2/c1-9-4-5-13-11(7-9)16(21,15(20)19-13)12-8-18-14-10(12)3-2-6-17-14/h2-8,21H,1H3,(H,17,18)(H,19,20). The Morgan fingerprint density at radius 2 is 2.10 bits per heavy atom. The number of nitrogens with zero attached hydrogens (tertiary/aromatic N) is 1. The lowest BCUT2D eigenvalue weighted by Crippen LogP contribution is -2.35. The summed E-state index contributed by atoms with van der Waals surface area (Å²) in [7, 11) is 0. The molecule has 0 bridgehead atoms. The normalized spacial score (nSPS) is 20.6. The summed E-state index contributed by atoms with van der Waals surface area (Å²) in [6, 6.07) is 9.18. The van der Waals surface area contributed by atoms with Gasteiger partial charge in [0.15, 0.2) is 5.60 Å². The molecule has 0 fully saturated rings. The highest BCUT2D eigenvalue weighted by Gasteiger charge is 2.48. The van der Waals surface area contributed by atoms with Crippen LogP contribution in [-0.4, -0.2) is 21.0 Å². The fraction of sp³-hybridized carbons (Fsp3) is 0.125. The van der Waals surface area contributed by atoms with Crippen molar-refractivity contribution in [1.29, 1.82) is 0 Å². The molecule has 2 aromatic heterocycles. The molecule has 1 amide bonds. The van der Waals surface area contributed by atoms with Gasteiger partial charge in [0.1, 0.15) is 5.65 Å². The Balaban J connectivity index is 2.03. The van der Waals surface area contributed by atoms with Crippen LogP contribution in [0.25, 0.3) is 11.0 Å². The Hall–Kier alpha value is -2.66. The van der Waals surface area contributed by atoms with Crippen molar-refractivity contribution in [2.75, 3.05) is 5.32 Å². The number of carbonyl (C=O) groups excluding carboxylic acids is 1. The van der Waals surface area contributed by atoms with Crippen LogP contribution >= 0.6 is 0 Å². The zero-order valence-corrected chi connectivity index (χ0v) is 11.3. The first-order chi connectivity index (χ1) is 10.1. The molecule has 104 valence electrons. The highest BCUT2D eigenvalue weighted by atomic mass is 16.3. The van der Waals surface area contributed by atoms with Crippen molar-refractivity contribution in [2.24, 2.45) is 0 Å². The molecule has 1 aromatic carbocycles. The molecule has 5 heteroatoms. The number of rotatable bonds is 1. The molecule has 0 saturated heterocycles. The number of anilines is 1. The first-order valence-corrected chi connectivity index (χ1v) is 6.68. The second-order valence-corrected chi connectivity index (χ2v) is 5.32. The maximum atomic E-state index is 12.4. The Bertz CT molecular complexity index is 884. The number of benzene rings is 1. The third-order valence-corrected chi connectivity index (χ3v) is 3.98. The van der Waals surface area contributed by atoms with Crippen LogP contribution in [-0.2, 0) is 10.4 Å². The summed E-state index contributed by atoms with van der Waals surface area (Å²) in [5.41, 5.74) is 1.69. The molecule has 4 rings (SSSR count). The molecule has 0 saturated carbocycles. The molecule has 0 spiro atoms. The SMILES string of the molecule is Cc1ccc2c(c1)C(O)(c1c[nH]c3ncccc13)C(=O)N2. The van der Waals surface area contributed by atoms with Crippen molar-refractivity contribution in [3.8, 4) is 0 Å². The average molecular weight is 279 g/mol. The number of nitrogens with one attached hydrogen (secondary N) is 2. The maximum Gasteiger partial charge on any atom is 0.265 e. The summed E-state index contributed by atoms with van der Waals surface area (Å²) >= 11 is 0. The second-order valence-electron chi connectivity index (χ2n) is 5.32. The molecule has 1 aliphatic heterocycles. The van der Waals surface area contributed by atoms with Gasteiger partial charge in [-0.3, -0.25) is 4.79 Å². The van der Waals surface area contributed by atoms with Crippen LogP contribution in [0.1, 0.15) is 16.7 Å². The number of amides is 1. The van der Waals surface area contributed by atoms with E-state index in [2.05, 4.69) is 15.3 Å². The summed E-state index contributed by atoms with van der Waals surface area (Å²) in [6.45, 7) is 1.93. The van der Waals surface area contributed by atoms with E-state index in [4.69, 9.17) is 0 Å². The van der Waals surface area contributed by atoms with Gasteiger partial charge in [0.25, 0.3) is 5.91 Å². The summed E-state index contributed by atoms with van der Waals surface area (Å²) < 4.78 is 0. The maximum absolute atomic E-state index is 12.4. The number of carbonyl (C=O) groups is 1. The Kier molecular flexibility index (Phi) is 2.26. The molecule has 3 heterocycles. The molecule has 5 nitrogen and oxygen atoms in total. The lowest BCUT2D eigenvalue weighted by molar-refractivity contribution is -0.129. The van der Waals surface area contributed by atoms with Gasteiger partial charge in [-0.1, -0.05) is 17.7 Å². The Morgan fingerprint density at radius 1 is 1.24 bits per heavy atom. The van der Waals surface area contributed by atoms with Crippen molar-refractivity contribution in [3.05, 3.63) is 59.4 Å². The van der Waals surface area contributed by atoms with E-state index in [0.717, 1.165) is 10.9 Å². The van der Waals surface area contributed by atoms with E-state index in [1.165, 1.54) is 0 Å². The Morgan fingerprint density at radius 3 is 2.95 bits per heavy atom. The molecule has 0 aliphatic carbocycles. The molecule has 3 N–H and O–H groups in total. The Labute approximate surface area is 120 Å². The summed E-state index contributed by atoms with van der Waals surface area (Å²) in [5.74, 6) is -0.437. The molecule has 0 radical (unpaired) electrons. The number of fused-ring (bicyclic) bond motifs is 2. The van der Waals surface area contributed by atoms with E-state index in [0.29, 0.717) is 22.5 Å². The predicted octanol–water partition coefficient (Wildman–Crippen LogP) is 2.06. The minimum Gasteiger partial charge on any atom is -0.372 e. The van der Waals surface area contributed by atoms with Crippen LogP contribution in [0.3, 0.4) is 0 Å². The smallest absolute Gasteiger partial charge is 0.265 e. The lowest BCUT2D eigenvalue weighted by Gasteiger charge is -2.20. The monoisotopic (exact) mass is 279 g/mol. The van der Waals surface area contributed by atoms with E-state index in [-0.39, 0.29) is 0 Å². The van der Waals surface area contributed by atoms with Crippen LogP contribution in [0.5, 0.6) is 0 Å². The largest absolute Gasteiger partial charge is 0.372 e.